The van der Waals surface area contributed by atoms with Gasteiger partial charge in [-0.1, -0.05) is 23.7 Å². The van der Waals surface area contributed by atoms with Crippen LogP contribution < -0.4 is 37.1 Å². The van der Waals surface area contributed by atoms with Gasteiger partial charge in [0.2, 0.25) is 6.41 Å². The first-order valence-corrected chi connectivity index (χ1v) is 8.90. The monoisotopic (exact) mass is 423 g/mol. The molecule has 0 fully saturated rings. The van der Waals surface area contributed by atoms with Gasteiger partial charge in [0.15, 0.2) is 5.82 Å². The summed E-state index contributed by atoms with van der Waals surface area (Å²) in [6.07, 6.45) is 2.36. The topological polar surface area (TPSA) is 124 Å². The van der Waals surface area contributed by atoms with Gasteiger partial charge in [0.25, 0.3) is 0 Å². The summed E-state index contributed by atoms with van der Waals surface area (Å²) in [5.74, 6) is 6.32. The van der Waals surface area contributed by atoms with Crippen molar-refractivity contribution in [3.05, 3.63) is 58.5 Å². The van der Waals surface area contributed by atoms with Crippen LogP contribution >= 0.6 is 11.6 Å². The van der Waals surface area contributed by atoms with Gasteiger partial charge in [-0.2, -0.15) is 0 Å². The Kier molecular flexibility index (Phi) is 7.93. The molecule has 2 aromatic rings. The third-order valence-corrected chi connectivity index (χ3v) is 4.43. The molecule has 1 amide bonds. The Morgan fingerprint density at radius 2 is 2.00 bits per heavy atom. The van der Waals surface area contributed by atoms with Gasteiger partial charge in [0.05, 0.1) is 36.3 Å². The summed E-state index contributed by atoms with van der Waals surface area (Å²) < 4.78 is 24.4. The van der Waals surface area contributed by atoms with E-state index in [1.807, 2.05) is 24.3 Å². The van der Waals surface area contributed by atoms with Crippen LogP contribution in [0.15, 0.2) is 42.1 Å². The van der Waals surface area contributed by atoms with Gasteiger partial charge < -0.3 is 31.3 Å². The number of ether oxygens (including phenoxy) is 2. The molecule has 0 saturated carbocycles. The zero-order valence-corrected chi connectivity index (χ0v) is 16.7. The fourth-order valence-electron chi connectivity index (χ4n) is 2.78. The van der Waals surface area contributed by atoms with E-state index in [4.69, 9.17) is 31.7 Å². The van der Waals surface area contributed by atoms with Gasteiger partial charge in [-0.05, 0) is 24.1 Å². The Bertz CT molecular complexity index is 894. The summed E-state index contributed by atoms with van der Waals surface area (Å²) in [6, 6.07) is 8.62. The summed E-state index contributed by atoms with van der Waals surface area (Å²) in [6.45, 7) is 0. The lowest BCUT2D eigenvalue weighted by Gasteiger charge is -2.16. The van der Waals surface area contributed by atoms with Gasteiger partial charge in [0.1, 0.15) is 17.7 Å². The molecule has 29 heavy (non-hydrogen) atoms. The number of methoxy groups -OCH3 is 2. The SMILES string of the molecule is COc1cc(F)c2c(c1)NC(/C(=C/Cc1ccc(OC)c(Cl)c1)NN)N2.NC=O. The van der Waals surface area contributed by atoms with E-state index in [9.17, 15) is 4.39 Å². The average molecular weight is 424 g/mol. The van der Waals surface area contributed by atoms with Gasteiger partial charge in [0, 0.05) is 12.1 Å². The van der Waals surface area contributed by atoms with Crippen LogP contribution in [-0.2, 0) is 11.2 Å². The maximum absolute atomic E-state index is 14.2. The van der Waals surface area contributed by atoms with Gasteiger partial charge in [-0.3, -0.25) is 10.6 Å². The van der Waals surface area contributed by atoms with E-state index in [1.165, 1.54) is 13.2 Å². The highest BCUT2D eigenvalue weighted by atomic mass is 35.5. The lowest BCUT2D eigenvalue weighted by Crippen LogP contribution is -2.36. The molecule has 8 nitrogen and oxygen atoms in total. The number of allylic oxidation sites excluding steroid dienone is 1. The first kappa shape index (κ1) is 22.1. The van der Waals surface area contributed by atoms with E-state index in [-0.39, 0.29) is 12.6 Å². The summed E-state index contributed by atoms with van der Waals surface area (Å²) >= 11 is 6.15. The fraction of sp³-hybridized carbons (Fsp3) is 0.211. The fourth-order valence-corrected chi connectivity index (χ4v) is 3.06. The summed E-state index contributed by atoms with van der Waals surface area (Å²) in [5.41, 5.74) is 9.48. The van der Waals surface area contributed by atoms with Crippen molar-refractivity contribution in [2.24, 2.45) is 11.6 Å². The molecule has 0 saturated heterocycles. The number of hydrogen-bond acceptors (Lipinski definition) is 7. The number of amides is 1. The quantitative estimate of drug-likeness (QED) is 0.274. The molecule has 0 bridgehead atoms. The van der Waals surface area contributed by atoms with Crippen LogP contribution in [0, 0.1) is 5.82 Å². The molecular formula is C19H23ClFN5O3. The molecule has 0 radical (unpaired) electrons. The second kappa shape index (κ2) is 10.4. The highest BCUT2D eigenvalue weighted by Crippen LogP contribution is 2.36. The molecule has 0 spiro atoms. The molecule has 1 atom stereocenters. The first-order chi connectivity index (χ1) is 14.0. The Hall–Kier alpha value is -3.17. The van der Waals surface area contributed by atoms with Crippen molar-refractivity contribution in [3.8, 4) is 11.5 Å². The van der Waals surface area contributed by atoms with Crippen LogP contribution in [-0.4, -0.2) is 26.8 Å². The minimum absolute atomic E-state index is 0.250. The molecule has 2 aromatic carbocycles. The molecule has 7 N–H and O–H groups in total. The molecule has 1 heterocycles. The molecule has 0 aromatic heterocycles. The summed E-state index contributed by atoms with van der Waals surface area (Å²) in [7, 11) is 3.06. The molecule has 1 aliphatic rings. The van der Waals surface area contributed by atoms with Crippen LogP contribution in [0.25, 0.3) is 0 Å². The predicted octanol–water partition coefficient (Wildman–Crippen LogP) is 2.35. The third kappa shape index (κ3) is 5.43. The van der Waals surface area contributed by atoms with Gasteiger partial charge >= 0.3 is 0 Å². The highest BCUT2D eigenvalue weighted by molar-refractivity contribution is 6.32. The van der Waals surface area contributed by atoms with Gasteiger partial charge in [-0.15, -0.1) is 0 Å². The highest BCUT2D eigenvalue weighted by Gasteiger charge is 2.26. The Morgan fingerprint density at radius 3 is 2.59 bits per heavy atom. The summed E-state index contributed by atoms with van der Waals surface area (Å²) in [4.78, 5) is 8.58. The second-order valence-electron chi connectivity index (χ2n) is 5.87. The number of nitrogens with one attached hydrogen (secondary N) is 3. The second-order valence-corrected chi connectivity index (χ2v) is 6.27. The average Bonchev–Trinajstić information content (AvgIpc) is 3.13. The Labute approximate surface area is 173 Å². The van der Waals surface area contributed by atoms with Crippen LogP contribution in [0.2, 0.25) is 5.02 Å². The standard InChI is InChI=1S/C18H20ClFN4O2.CH3NO/c1-25-11-8-13(20)17-15(9-11)22-18(23-17)14(24-21)5-3-10-4-6-16(26-2)12(19)7-10;2-1-3/h4-9,18,22-24H,3,21H2,1-2H3;1H,(H2,2,3)/b14-5-;. The molecule has 1 unspecified atom stereocenters. The van der Waals surface area contributed by atoms with Crippen molar-refractivity contribution in [3.63, 3.8) is 0 Å². The lowest BCUT2D eigenvalue weighted by atomic mass is 10.1. The molecule has 3 rings (SSSR count). The zero-order valence-electron chi connectivity index (χ0n) is 16.0. The van der Waals surface area contributed by atoms with Crippen molar-refractivity contribution in [1.82, 2.24) is 5.43 Å². The van der Waals surface area contributed by atoms with Crippen LogP contribution in [0.4, 0.5) is 15.8 Å². The number of carbonyl (C=O) groups excluding carboxylic acids is 1. The number of fused-ring (bicyclic) bond motifs is 1. The van der Waals surface area contributed by atoms with Crippen LogP contribution in [0.5, 0.6) is 11.5 Å². The number of anilines is 2. The van der Waals surface area contributed by atoms with Gasteiger partial charge in [-0.25, -0.2) is 4.39 Å². The van der Waals surface area contributed by atoms with Crippen molar-refractivity contribution in [1.29, 1.82) is 0 Å². The first-order valence-electron chi connectivity index (χ1n) is 8.52. The smallest absolute Gasteiger partial charge is 0.204 e. The molecule has 0 aliphatic carbocycles. The van der Waals surface area contributed by atoms with Crippen molar-refractivity contribution in [2.45, 2.75) is 12.6 Å². The number of benzene rings is 2. The molecule has 1 aliphatic heterocycles. The van der Waals surface area contributed by atoms with E-state index in [0.29, 0.717) is 40.0 Å². The number of hydrazine groups is 1. The van der Waals surface area contributed by atoms with Crippen LogP contribution in [0.1, 0.15) is 5.56 Å². The molecule has 156 valence electrons. The number of hydrogen-bond donors (Lipinski definition) is 5. The molecular weight excluding hydrogens is 401 g/mol. The maximum Gasteiger partial charge on any atom is 0.204 e. The zero-order chi connectivity index (χ0) is 21.4. The Balaban J connectivity index is 0.000000941. The third-order valence-electron chi connectivity index (χ3n) is 4.14. The number of primary amides is 1. The Morgan fingerprint density at radius 1 is 1.28 bits per heavy atom. The van der Waals surface area contributed by atoms with E-state index >= 15 is 0 Å². The van der Waals surface area contributed by atoms with E-state index < -0.39 is 5.82 Å². The normalized spacial score (nSPS) is 14.5. The minimum Gasteiger partial charge on any atom is -0.497 e. The van der Waals surface area contributed by atoms with Crippen LogP contribution in [0.3, 0.4) is 0 Å². The van der Waals surface area contributed by atoms with E-state index in [0.717, 1.165) is 5.56 Å². The number of halogens is 2. The largest absolute Gasteiger partial charge is 0.497 e. The van der Waals surface area contributed by atoms with Crippen molar-refractivity contribution in [2.75, 3.05) is 24.9 Å². The van der Waals surface area contributed by atoms with Crippen molar-refractivity contribution < 1.29 is 18.7 Å². The number of rotatable bonds is 6. The van der Waals surface area contributed by atoms with Crippen molar-refractivity contribution >= 4 is 29.4 Å². The van der Waals surface area contributed by atoms with E-state index in [1.54, 1.807) is 13.2 Å². The minimum atomic E-state index is -0.396. The maximum atomic E-state index is 14.2. The molecule has 10 heteroatoms. The number of nitrogens with two attached hydrogens (primary N) is 2. The summed E-state index contributed by atoms with van der Waals surface area (Å²) in [5, 5.41) is 6.79. The lowest BCUT2D eigenvalue weighted by molar-refractivity contribution is -0.106. The predicted molar refractivity (Wildman–Crippen MR) is 111 cm³/mol. The number of carbonyl (C=O) groups is 1. The van der Waals surface area contributed by atoms with E-state index in [2.05, 4.69) is 21.8 Å².